The molecule has 1 aromatic rings. The minimum absolute atomic E-state index is 0.870. The molecule has 1 rings (SSSR count). The van der Waals surface area contributed by atoms with Crippen LogP contribution in [-0.4, -0.2) is 30.0 Å². The number of nitrogens with one attached hydrogen (secondary N) is 1. The third-order valence-electron chi connectivity index (χ3n) is 1.04. The first-order chi connectivity index (χ1) is 5.85. The summed E-state index contributed by atoms with van der Waals surface area (Å²) in [4.78, 5) is 7.01. The lowest BCUT2D eigenvalue weighted by Crippen LogP contribution is -1.96. The second-order valence-corrected chi connectivity index (χ2v) is 3.41. The highest BCUT2D eigenvalue weighted by molar-refractivity contribution is 7.80. The first-order valence-corrected chi connectivity index (χ1v) is 4.73. The zero-order chi connectivity index (χ0) is 10.5. The van der Waals surface area contributed by atoms with Gasteiger partial charge < -0.3 is 4.98 Å². The van der Waals surface area contributed by atoms with Crippen LogP contribution in [0.2, 0.25) is 0 Å². The molecule has 76 valence electrons. The third-order valence-corrected chi connectivity index (χ3v) is 1.47. The molecule has 0 saturated heterocycles. The van der Waals surface area contributed by atoms with Crippen molar-refractivity contribution in [2.45, 2.75) is 13.8 Å². The fraction of sp³-hybridized carbons (Fsp3) is 0.500. The summed E-state index contributed by atoms with van der Waals surface area (Å²) in [5, 5.41) is 0. The molecule has 0 atom stereocenters. The molecular weight excluding hydrogens is 196 g/mol. The fourth-order valence-electron chi connectivity index (χ4n) is 0.538. The smallest absolute Gasteiger partial charge is 0.349 e. The SMILES string of the molecule is COS(=O)(=O)O.Cc1c[nH]c(C)n1. The van der Waals surface area contributed by atoms with Crippen LogP contribution >= 0.6 is 0 Å². The van der Waals surface area contributed by atoms with E-state index in [1.807, 2.05) is 20.0 Å². The van der Waals surface area contributed by atoms with Crippen LogP contribution in [0.25, 0.3) is 0 Å². The Balaban J connectivity index is 0.000000226. The zero-order valence-corrected chi connectivity index (χ0v) is 8.42. The average Bonchev–Trinajstić information content (AvgIpc) is 2.34. The average molecular weight is 208 g/mol. The molecule has 7 heteroatoms. The molecule has 0 radical (unpaired) electrons. The van der Waals surface area contributed by atoms with Crippen molar-refractivity contribution in [2.24, 2.45) is 0 Å². The van der Waals surface area contributed by atoms with Crippen LogP contribution in [0.4, 0.5) is 0 Å². The van der Waals surface area contributed by atoms with E-state index in [2.05, 4.69) is 14.2 Å². The Morgan fingerprint density at radius 3 is 2.08 bits per heavy atom. The van der Waals surface area contributed by atoms with E-state index < -0.39 is 10.4 Å². The molecule has 0 fully saturated rings. The molecule has 13 heavy (non-hydrogen) atoms. The molecule has 0 bridgehead atoms. The van der Waals surface area contributed by atoms with Gasteiger partial charge in [0.1, 0.15) is 5.82 Å². The molecule has 2 N–H and O–H groups in total. The van der Waals surface area contributed by atoms with Gasteiger partial charge in [-0.2, -0.15) is 8.42 Å². The van der Waals surface area contributed by atoms with Crippen molar-refractivity contribution in [3.05, 3.63) is 17.7 Å². The van der Waals surface area contributed by atoms with E-state index in [0.29, 0.717) is 0 Å². The monoisotopic (exact) mass is 208 g/mol. The lowest BCUT2D eigenvalue weighted by Gasteiger charge is -1.82. The molecule has 0 spiro atoms. The van der Waals surface area contributed by atoms with Crippen LogP contribution in [0.3, 0.4) is 0 Å². The van der Waals surface area contributed by atoms with Crippen molar-refractivity contribution in [1.29, 1.82) is 0 Å². The number of nitrogens with zero attached hydrogens (tertiary/aromatic N) is 1. The normalized spacial score (nSPS) is 10.5. The first kappa shape index (κ1) is 12.1. The topological polar surface area (TPSA) is 92.3 Å². The molecule has 0 aliphatic heterocycles. The van der Waals surface area contributed by atoms with Gasteiger partial charge in [0, 0.05) is 6.20 Å². The van der Waals surface area contributed by atoms with Crippen LogP contribution in [0, 0.1) is 13.8 Å². The second kappa shape index (κ2) is 4.95. The molecule has 0 unspecified atom stereocenters. The number of aromatic amines is 1. The van der Waals surface area contributed by atoms with Gasteiger partial charge in [0.15, 0.2) is 0 Å². The summed E-state index contributed by atoms with van der Waals surface area (Å²) >= 11 is 0. The van der Waals surface area contributed by atoms with Crippen molar-refractivity contribution in [2.75, 3.05) is 7.11 Å². The van der Waals surface area contributed by atoms with E-state index in [1.54, 1.807) is 0 Å². The van der Waals surface area contributed by atoms with Crippen LogP contribution in [0.15, 0.2) is 6.20 Å². The molecule has 0 saturated carbocycles. The van der Waals surface area contributed by atoms with Gasteiger partial charge in [-0.25, -0.2) is 4.98 Å². The molecule has 1 heterocycles. The van der Waals surface area contributed by atoms with Crippen LogP contribution < -0.4 is 0 Å². The summed E-state index contributed by atoms with van der Waals surface area (Å²) in [5.41, 5.74) is 1.05. The molecule has 0 aliphatic carbocycles. The lowest BCUT2D eigenvalue weighted by atomic mass is 10.6. The first-order valence-electron chi connectivity index (χ1n) is 3.37. The van der Waals surface area contributed by atoms with Crippen molar-refractivity contribution in [3.63, 3.8) is 0 Å². The Hall–Kier alpha value is -0.920. The Bertz CT molecular complexity index is 327. The summed E-state index contributed by atoms with van der Waals surface area (Å²) in [5.74, 6) is 0.984. The highest BCUT2D eigenvalue weighted by Crippen LogP contribution is 1.89. The number of aryl methyl sites for hydroxylation is 2. The van der Waals surface area contributed by atoms with Crippen LogP contribution in [-0.2, 0) is 14.6 Å². The van der Waals surface area contributed by atoms with Crippen molar-refractivity contribution in [3.8, 4) is 0 Å². The summed E-state index contributed by atoms with van der Waals surface area (Å²) in [6.45, 7) is 3.90. The summed E-state index contributed by atoms with van der Waals surface area (Å²) in [6.07, 6.45) is 1.88. The Kier molecular flexibility index (Phi) is 4.60. The minimum Gasteiger partial charge on any atom is -0.349 e. The maximum atomic E-state index is 9.33. The van der Waals surface area contributed by atoms with E-state index in [0.717, 1.165) is 18.6 Å². The Morgan fingerprint density at radius 2 is 2.00 bits per heavy atom. The largest absolute Gasteiger partial charge is 0.397 e. The molecule has 1 aromatic heterocycles. The van der Waals surface area contributed by atoms with E-state index >= 15 is 0 Å². The van der Waals surface area contributed by atoms with Crippen molar-refractivity contribution < 1.29 is 17.2 Å². The van der Waals surface area contributed by atoms with Gasteiger partial charge >= 0.3 is 10.4 Å². The molecule has 6 nitrogen and oxygen atoms in total. The number of H-pyrrole nitrogens is 1. The van der Waals surface area contributed by atoms with Gasteiger partial charge in [-0.05, 0) is 13.8 Å². The number of aromatic nitrogens is 2. The number of hydrogen-bond donors (Lipinski definition) is 2. The van der Waals surface area contributed by atoms with Gasteiger partial charge in [-0.1, -0.05) is 0 Å². The van der Waals surface area contributed by atoms with Gasteiger partial charge in [0.25, 0.3) is 0 Å². The quantitative estimate of drug-likeness (QED) is 0.654. The van der Waals surface area contributed by atoms with Crippen LogP contribution in [0.5, 0.6) is 0 Å². The molecular formula is C6H12N2O4S. The number of imidazole rings is 1. The Labute approximate surface area is 76.9 Å². The predicted octanol–water partition coefficient (Wildman–Crippen LogP) is 0.462. The van der Waals surface area contributed by atoms with Crippen molar-refractivity contribution in [1.82, 2.24) is 9.97 Å². The summed E-state index contributed by atoms with van der Waals surface area (Å²) < 4.78 is 29.7. The molecule has 0 aliphatic rings. The van der Waals surface area contributed by atoms with Gasteiger partial charge in [0.05, 0.1) is 12.8 Å². The molecule has 0 aromatic carbocycles. The molecule has 0 amide bonds. The highest BCUT2D eigenvalue weighted by Gasteiger charge is 1.94. The van der Waals surface area contributed by atoms with E-state index in [9.17, 15) is 8.42 Å². The fourth-order valence-corrected chi connectivity index (χ4v) is 0.538. The number of hydrogen-bond acceptors (Lipinski definition) is 4. The lowest BCUT2D eigenvalue weighted by molar-refractivity contribution is 0.324. The third kappa shape index (κ3) is 7.44. The van der Waals surface area contributed by atoms with E-state index in [4.69, 9.17) is 4.55 Å². The van der Waals surface area contributed by atoms with Gasteiger partial charge in [-0.15, -0.1) is 0 Å². The van der Waals surface area contributed by atoms with Crippen molar-refractivity contribution >= 4 is 10.4 Å². The maximum Gasteiger partial charge on any atom is 0.397 e. The highest BCUT2D eigenvalue weighted by atomic mass is 32.3. The summed E-state index contributed by atoms with van der Waals surface area (Å²) in [6, 6.07) is 0. The zero-order valence-electron chi connectivity index (χ0n) is 7.60. The predicted molar refractivity (Wildman–Crippen MR) is 46.6 cm³/mol. The minimum atomic E-state index is -4.16. The summed E-state index contributed by atoms with van der Waals surface area (Å²) in [7, 11) is -3.29. The number of rotatable bonds is 1. The van der Waals surface area contributed by atoms with Gasteiger partial charge in [-0.3, -0.25) is 8.74 Å². The maximum absolute atomic E-state index is 9.33. The second-order valence-electron chi connectivity index (χ2n) is 2.22. The van der Waals surface area contributed by atoms with E-state index in [1.165, 1.54) is 0 Å². The van der Waals surface area contributed by atoms with E-state index in [-0.39, 0.29) is 0 Å². The van der Waals surface area contributed by atoms with Crippen LogP contribution in [0.1, 0.15) is 11.5 Å². The standard InChI is InChI=1S/C5H8N2.CH4O4S/c1-4-3-6-5(2)7-4;1-5-6(2,3)4/h3H,1-2H3,(H,6,7);1H3,(H,2,3,4). The van der Waals surface area contributed by atoms with Gasteiger partial charge in [0.2, 0.25) is 0 Å². The Morgan fingerprint density at radius 1 is 1.54 bits per heavy atom.